The number of nitrogen functional groups attached to an aromatic ring is 1. The number of rotatable bonds is 32. The van der Waals surface area contributed by atoms with Crippen molar-refractivity contribution in [2.24, 2.45) is 0 Å². The van der Waals surface area contributed by atoms with Crippen LogP contribution in [0, 0.1) is 6.08 Å². The topological polar surface area (TPSA) is 173 Å². The molecule has 13 nitrogen and oxygen atoms in total. The number of unbranched alkanes of at least 4 members (excludes halogenated alkanes) is 16. The summed E-state index contributed by atoms with van der Waals surface area (Å²) in [6.07, 6.45) is 21.5. The molecule has 5 rings (SSSR count). The highest BCUT2D eigenvalue weighted by Crippen LogP contribution is 2.48. The van der Waals surface area contributed by atoms with Crippen molar-refractivity contribution in [1.29, 1.82) is 0 Å². The van der Waals surface area contributed by atoms with E-state index < -0.39 is 50.4 Å². The molecule has 4 N–H and O–H groups in total. The van der Waals surface area contributed by atoms with Crippen molar-refractivity contribution in [1.82, 2.24) is 24.6 Å². The Balaban J connectivity index is 1.30. The van der Waals surface area contributed by atoms with Crippen molar-refractivity contribution in [2.45, 2.75) is 192 Å². The van der Waals surface area contributed by atoms with Gasteiger partial charge in [0.15, 0.2) is 17.0 Å². The molecular formula is C49H74FN6O7P. The number of aliphatic hydroxyl groups excluding tert-OH is 1. The molecule has 0 spiro atoms. The van der Waals surface area contributed by atoms with Crippen LogP contribution in [0.1, 0.15) is 167 Å². The van der Waals surface area contributed by atoms with E-state index in [1.807, 2.05) is 30.3 Å². The largest absolute Gasteiger partial charge is 0.461 e. The standard InChI is InChI=1S/C49H74FN6O7P/c1-4-6-8-10-12-14-16-18-24-30-39(31-25-19-17-15-13-11-9-7-5-2)61-47(58)41(34-38-28-22-20-23-29-38)55-64(59,63-40-32-26-21-27-33-40)60-36-49(3)42(57)35-43(62-49)56-37-52-44-45(51)53-48(50)54-46(44)56/h20-23,26-29,32-33,37,39,41-43,57H,4-19,24-25,30-31,34-36H2,1-3H3,(H,55,59)(H2,51,53,54)/t41-,42-,43+,49+,64?/m0/s1. The number of carbonyl (C=O) groups excluding carboxylic acids is 1. The van der Waals surface area contributed by atoms with E-state index in [0.717, 1.165) is 44.1 Å². The van der Waals surface area contributed by atoms with Gasteiger partial charge >= 0.3 is 19.8 Å². The number of aliphatic hydroxyl groups is 1. The molecule has 1 fully saturated rings. The quantitative estimate of drug-likeness (QED) is 0.0183. The summed E-state index contributed by atoms with van der Waals surface area (Å²) in [7, 11) is -4.42. The predicted molar refractivity (Wildman–Crippen MR) is 250 cm³/mol. The zero-order chi connectivity index (χ0) is 45.6. The van der Waals surface area contributed by atoms with Gasteiger partial charge in [0.1, 0.15) is 29.7 Å². The first-order chi connectivity index (χ1) is 31.0. The van der Waals surface area contributed by atoms with Gasteiger partial charge in [0.2, 0.25) is 0 Å². The summed E-state index contributed by atoms with van der Waals surface area (Å²) in [6, 6.07) is 16.9. The summed E-state index contributed by atoms with van der Waals surface area (Å²) in [5.74, 6) is -0.415. The highest BCUT2D eigenvalue weighted by Gasteiger charge is 2.48. The molecule has 2 aromatic heterocycles. The lowest BCUT2D eigenvalue weighted by Gasteiger charge is -2.31. The minimum absolute atomic E-state index is 0.0520. The van der Waals surface area contributed by atoms with Crippen molar-refractivity contribution in [3.05, 3.63) is 78.6 Å². The smallest absolute Gasteiger partial charge is 0.459 e. The number of halogens is 1. The van der Waals surface area contributed by atoms with Gasteiger partial charge in [0, 0.05) is 6.42 Å². The van der Waals surface area contributed by atoms with Crippen LogP contribution in [-0.4, -0.2) is 61.1 Å². The van der Waals surface area contributed by atoms with Crippen LogP contribution in [0.5, 0.6) is 5.75 Å². The normalized spacial score (nSPS) is 19.0. The van der Waals surface area contributed by atoms with Crippen LogP contribution in [0.2, 0.25) is 0 Å². The van der Waals surface area contributed by atoms with E-state index >= 15 is 4.57 Å². The molecule has 0 radical (unpaired) electrons. The number of benzene rings is 2. The summed E-state index contributed by atoms with van der Waals surface area (Å²) >= 11 is 0. The molecule has 2 aromatic carbocycles. The van der Waals surface area contributed by atoms with Gasteiger partial charge in [-0.05, 0) is 56.7 Å². The molecule has 0 amide bonds. The first kappa shape index (κ1) is 51.1. The average molecular weight is 909 g/mol. The minimum atomic E-state index is -4.42. The lowest BCUT2D eigenvalue weighted by atomic mass is 10.0. The third kappa shape index (κ3) is 16.5. The summed E-state index contributed by atoms with van der Waals surface area (Å²) in [5.41, 5.74) is 5.58. The van der Waals surface area contributed by atoms with E-state index in [4.69, 9.17) is 24.3 Å². The zero-order valence-corrected chi connectivity index (χ0v) is 39.4. The molecule has 4 aromatic rings. The number of ether oxygens (including phenoxy) is 2. The second-order valence-corrected chi connectivity index (χ2v) is 19.4. The number of nitrogens with two attached hydrogens (primary N) is 1. The third-order valence-corrected chi connectivity index (χ3v) is 13.7. The average Bonchev–Trinajstić information content (AvgIpc) is 3.84. The van der Waals surface area contributed by atoms with Gasteiger partial charge in [0.05, 0.1) is 19.0 Å². The van der Waals surface area contributed by atoms with Crippen LogP contribution < -0.4 is 15.3 Å². The highest BCUT2D eigenvalue weighted by atomic mass is 31.2. The highest BCUT2D eigenvalue weighted by molar-refractivity contribution is 7.52. The van der Waals surface area contributed by atoms with E-state index in [0.29, 0.717) is 0 Å². The molecule has 354 valence electrons. The predicted octanol–water partition coefficient (Wildman–Crippen LogP) is 11.7. The number of nitrogens with one attached hydrogen (secondary N) is 1. The molecule has 1 unspecified atom stereocenters. The summed E-state index contributed by atoms with van der Waals surface area (Å²) in [6.45, 7) is 5.69. The van der Waals surface area contributed by atoms with Gasteiger partial charge in [-0.1, -0.05) is 165 Å². The number of fused-ring (bicyclic) bond motifs is 1. The van der Waals surface area contributed by atoms with Gasteiger partial charge in [-0.15, -0.1) is 0 Å². The van der Waals surface area contributed by atoms with Gasteiger partial charge in [-0.2, -0.15) is 19.4 Å². The second-order valence-electron chi connectivity index (χ2n) is 17.7. The lowest BCUT2D eigenvalue weighted by molar-refractivity contribution is -0.152. The monoisotopic (exact) mass is 909 g/mol. The minimum Gasteiger partial charge on any atom is -0.461 e. The van der Waals surface area contributed by atoms with Gasteiger partial charge in [-0.3, -0.25) is 13.9 Å². The molecule has 1 aliphatic rings. The van der Waals surface area contributed by atoms with Crippen LogP contribution in [0.3, 0.4) is 0 Å². The maximum absolute atomic E-state index is 15.1. The van der Waals surface area contributed by atoms with Crippen molar-refractivity contribution in [3.63, 3.8) is 0 Å². The van der Waals surface area contributed by atoms with E-state index in [9.17, 15) is 14.3 Å². The van der Waals surface area contributed by atoms with Gasteiger partial charge in [-0.25, -0.2) is 9.55 Å². The van der Waals surface area contributed by atoms with Gasteiger partial charge < -0.3 is 24.8 Å². The van der Waals surface area contributed by atoms with E-state index in [2.05, 4.69) is 33.9 Å². The van der Waals surface area contributed by atoms with E-state index in [1.165, 1.54) is 101 Å². The van der Waals surface area contributed by atoms with Gasteiger partial charge in [0.25, 0.3) is 0 Å². The second kappa shape index (κ2) is 26.9. The van der Waals surface area contributed by atoms with Crippen LogP contribution in [0.25, 0.3) is 11.2 Å². The molecule has 0 aliphatic carbocycles. The van der Waals surface area contributed by atoms with E-state index in [1.54, 1.807) is 37.3 Å². The Hall–Kier alpha value is -3.94. The van der Waals surface area contributed by atoms with Crippen molar-refractivity contribution in [3.8, 4) is 5.75 Å². The number of hydrogen-bond acceptors (Lipinski definition) is 11. The Morgan fingerprint density at radius 2 is 1.42 bits per heavy atom. The van der Waals surface area contributed by atoms with Crippen LogP contribution in [0.15, 0.2) is 67.0 Å². The van der Waals surface area contributed by atoms with Crippen LogP contribution in [-0.2, 0) is 29.8 Å². The molecule has 3 heterocycles. The molecule has 1 saturated heterocycles. The molecule has 0 bridgehead atoms. The maximum Gasteiger partial charge on any atom is 0.459 e. The first-order valence-electron chi connectivity index (χ1n) is 24.0. The Morgan fingerprint density at radius 3 is 2.00 bits per heavy atom. The molecule has 15 heteroatoms. The molecule has 5 atom stereocenters. The van der Waals surface area contributed by atoms with Crippen molar-refractivity contribution >= 4 is 30.7 Å². The lowest BCUT2D eigenvalue weighted by Crippen LogP contribution is -2.44. The fourth-order valence-corrected chi connectivity index (χ4v) is 9.90. The van der Waals surface area contributed by atoms with Crippen molar-refractivity contribution in [2.75, 3.05) is 12.3 Å². The first-order valence-corrected chi connectivity index (χ1v) is 25.6. The molecule has 0 saturated carbocycles. The SMILES string of the molecule is CCCCCCCCCCCC(CCCCCCCCCCC)OC(=O)[C@H](Cc1ccccc1)NP(=O)(OC[C@@]1(C)O[C@@H](n2cnc3c(N)nc(F)nc32)C[C@@H]1O)Oc1ccccc1. The number of esters is 1. The third-order valence-electron chi connectivity index (χ3n) is 12.2. The number of nitrogens with zero attached hydrogens (tertiary/aromatic N) is 4. The van der Waals surface area contributed by atoms with Crippen molar-refractivity contribution < 1.29 is 37.4 Å². The number of carbonyl (C=O) groups is 1. The Kier molecular flexibility index (Phi) is 21.4. The number of anilines is 1. The molecule has 1 aliphatic heterocycles. The summed E-state index contributed by atoms with van der Waals surface area (Å²) in [5, 5.41) is 14.4. The fourth-order valence-electron chi connectivity index (χ4n) is 8.32. The Labute approximate surface area is 380 Å². The molecule has 64 heavy (non-hydrogen) atoms. The number of aromatic nitrogens is 4. The summed E-state index contributed by atoms with van der Waals surface area (Å²) < 4.78 is 55.7. The van der Waals surface area contributed by atoms with Crippen LogP contribution >= 0.6 is 7.75 Å². The zero-order valence-electron chi connectivity index (χ0n) is 38.5. The fraction of sp³-hybridized carbons (Fsp3) is 0.633. The number of para-hydroxylation sites is 1. The maximum atomic E-state index is 15.1. The number of imidazole rings is 1. The van der Waals surface area contributed by atoms with Crippen LogP contribution in [0.4, 0.5) is 10.2 Å². The number of hydrogen-bond donors (Lipinski definition) is 3. The molecular weight excluding hydrogens is 835 g/mol. The Bertz CT molecular complexity index is 1970. The van der Waals surface area contributed by atoms with E-state index in [-0.39, 0.29) is 41.7 Å². The summed E-state index contributed by atoms with van der Waals surface area (Å²) in [4.78, 5) is 26.1. The Morgan fingerprint density at radius 1 is 0.875 bits per heavy atom.